The largest absolute Gasteiger partial charge is 0.466 e. The van der Waals surface area contributed by atoms with Crippen molar-refractivity contribution < 1.29 is 14.3 Å². The van der Waals surface area contributed by atoms with E-state index in [9.17, 15) is 4.79 Å². The van der Waals surface area contributed by atoms with E-state index in [-0.39, 0.29) is 6.61 Å². The first-order chi connectivity index (χ1) is 8.10. The number of hydrogen-bond donors (Lipinski definition) is 0. The molecule has 0 N–H and O–H groups in total. The second-order valence-electron chi connectivity index (χ2n) is 3.66. The molecule has 0 saturated carbocycles. The van der Waals surface area contributed by atoms with Gasteiger partial charge in [-0.25, -0.2) is 9.78 Å². The van der Waals surface area contributed by atoms with Crippen LogP contribution in [0.25, 0.3) is 5.65 Å². The van der Waals surface area contributed by atoms with Crippen molar-refractivity contribution >= 4 is 11.6 Å². The smallest absolute Gasteiger partial charge is 0.343 e. The van der Waals surface area contributed by atoms with Crippen LogP contribution in [0.5, 0.6) is 5.88 Å². The summed E-state index contributed by atoms with van der Waals surface area (Å²) in [5, 5.41) is 4.24. The van der Waals surface area contributed by atoms with Crippen molar-refractivity contribution in [3.8, 4) is 5.88 Å². The Hall–Kier alpha value is -2.11. The highest BCUT2D eigenvalue weighted by molar-refractivity contribution is 5.70. The van der Waals surface area contributed by atoms with Crippen LogP contribution in [0.15, 0.2) is 12.1 Å². The van der Waals surface area contributed by atoms with Gasteiger partial charge in [-0.05, 0) is 13.8 Å². The molecule has 0 aromatic carbocycles. The Morgan fingerprint density at radius 1 is 1.35 bits per heavy atom. The zero-order chi connectivity index (χ0) is 12.4. The average Bonchev–Trinajstić information content (AvgIpc) is 2.65. The lowest BCUT2D eigenvalue weighted by atomic mass is 10.4. The molecular weight excluding hydrogens is 222 g/mol. The Morgan fingerprint density at radius 3 is 2.82 bits per heavy atom. The molecule has 6 heteroatoms. The molecule has 0 saturated heterocycles. The molecule has 0 amide bonds. The van der Waals surface area contributed by atoms with Crippen molar-refractivity contribution in [1.29, 1.82) is 0 Å². The molecule has 0 aliphatic heterocycles. The third-order valence-corrected chi connectivity index (χ3v) is 2.21. The lowest BCUT2D eigenvalue weighted by Crippen LogP contribution is -2.14. The quantitative estimate of drug-likeness (QED) is 0.739. The zero-order valence-corrected chi connectivity index (χ0v) is 9.93. The van der Waals surface area contributed by atoms with Gasteiger partial charge in [-0.2, -0.15) is 9.61 Å². The summed E-state index contributed by atoms with van der Waals surface area (Å²) in [5.74, 6) is 0.0440. The van der Waals surface area contributed by atoms with Crippen LogP contribution in [0.2, 0.25) is 0 Å². The predicted octanol–water partition coefficient (Wildman–Crippen LogP) is 0.898. The van der Waals surface area contributed by atoms with Gasteiger partial charge in [-0.1, -0.05) is 0 Å². The van der Waals surface area contributed by atoms with E-state index in [0.29, 0.717) is 11.5 Å². The van der Waals surface area contributed by atoms with Gasteiger partial charge in [0.25, 0.3) is 0 Å². The number of fused-ring (bicyclic) bond motifs is 1. The molecule has 2 aromatic heterocycles. The maximum Gasteiger partial charge on any atom is 0.343 e. The normalized spacial score (nSPS) is 10.5. The molecular formula is C11H13N3O3. The van der Waals surface area contributed by atoms with Gasteiger partial charge in [0.15, 0.2) is 12.3 Å². The topological polar surface area (TPSA) is 65.7 Å². The van der Waals surface area contributed by atoms with Crippen molar-refractivity contribution in [2.75, 3.05) is 13.7 Å². The minimum absolute atomic E-state index is 0.145. The summed E-state index contributed by atoms with van der Waals surface area (Å²) in [6, 6.07) is 3.57. The number of rotatable bonds is 3. The van der Waals surface area contributed by atoms with Gasteiger partial charge < -0.3 is 9.47 Å². The van der Waals surface area contributed by atoms with Crippen LogP contribution in [-0.2, 0) is 9.53 Å². The number of carbonyl (C=O) groups is 1. The van der Waals surface area contributed by atoms with Crippen molar-refractivity contribution in [3.05, 3.63) is 23.5 Å². The summed E-state index contributed by atoms with van der Waals surface area (Å²) in [4.78, 5) is 15.3. The Balaban J connectivity index is 2.34. The van der Waals surface area contributed by atoms with Crippen LogP contribution in [0.3, 0.4) is 0 Å². The lowest BCUT2D eigenvalue weighted by molar-refractivity contribution is -0.143. The summed E-state index contributed by atoms with van der Waals surface area (Å²) in [6.07, 6.45) is 0. The number of aromatic nitrogens is 3. The molecule has 0 fully saturated rings. The van der Waals surface area contributed by atoms with E-state index in [2.05, 4.69) is 14.8 Å². The lowest BCUT2D eigenvalue weighted by Gasteiger charge is -2.07. The fraction of sp³-hybridized carbons (Fsp3) is 0.364. The minimum atomic E-state index is -0.434. The second kappa shape index (κ2) is 4.40. The van der Waals surface area contributed by atoms with Crippen LogP contribution < -0.4 is 4.74 Å². The maximum atomic E-state index is 11.0. The molecule has 2 rings (SSSR count). The third-order valence-electron chi connectivity index (χ3n) is 2.21. The molecule has 0 aliphatic rings. The van der Waals surface area contributed by atoms with E-state index in [1.807, 2.05) is 19.9 Å². The predicted molar refractivity (Wildman–Crippen MR) is 60.0 cm³/mol. The van der Waals surface area contributed by atoms with Crippen molar-refractivity contribution in [2.24, 2.45) is 0 Å². The highest BCUT2D eigenvalue weighted by atomic mass is 16.6. The van der Waals surface area contributed by atoms with Crippen LogP contribution in [0.1, 0.15) is 11.4 Å². The Kier molecular flexibility index (Phi) is 2.95. The number of ether oxygens (including phenoxy) is 2. The molecule has 90 valence electrons. The Morgan fingerprint density at radius 2 is 2.12 bits per heavy atom. The fourth-order valence-electron chi connectivity index (χ4n) is 1.48. The van der Waals surface area contributed by atoms with Crippen LogP contribution in [-0.4, -0.2) is 34.3 Å². The molecule has 17 heavy (non-hydrogen) atoms. The van der Waals surface area contributed by atoms with E-state index >= 15 is 0 Å². The fourth-order valence-corrected chi connectivity index (χ4v) is 1.48. The summed E-state index contributed by atoms with van der Waals surface area (Å²) in [6.45, 7) is 3.58. The second-order valence-corrected chi connectivity index (χ2v) is 3.66. The number of carbonyl (C=O) groups excluding carboxylic acids is 1. The molecule has 0 unspecified atom stereocenters. The van der Waals surface area contributed by atoms with Gasteiger partial charge in [-0.3, -0.25) is 0 Å². The highest BCUT2D eigenvalue weighted by Crippen LogP contribution is 2.15. The van der Waals surface area contributed by atoms with Gasteiger partial charge in [0.05, 0.1) is 12.8 Å². The van der Waals surface area contributed by atoms with Crippen molar-refractivity contribution in [3.63, 3.8) is 0 Å². The molecule has 0 spiro atoms. The molecule has 0 bridgehead atoms. The molecule has 2 aromatic rings. The average molecular weight is 235 g/mol. The van der Waals surface area contributed by atoms with Crippen LogP contribution in [0.4, 0.5) is 0 Å². The summed E-state index contributed by atoms with van der Waals surface area (Å²) >= 11 is 0. The molecule has 0 atom stereocenters. The third kappa shape index (κ3) is 2.35. The van der Waals surface area contributed by atoms with Gasteiger partial charge in [0.2, 0.25) is 5.88 Å². The van der Waals surface area contributed by atoms with E-state index in [1.54, 1.807) is 10.6 Å². The van der Waals surface area contributed by atoms with Gasteiger partial charge in [0, 0.05) is 17.8 Å². The Labute approximate surface area is 98.2 Å². The number of aryl methyl sites for hydroxylation is 2. The first-order valence-corrected chi connectivity index (χ1v) is 5.14. The van der Waals surface area contributed by atoms with Crippen molar-refractivity contribution in [1.82, 2.24) is 14.6 Å². The van der Waals surface area contributed by atoms with Crippen LogP contribution >= 0.6 is 0 Å². The number of hydrogen-bond acceptors (Lipinski definition) is 5. The highest BCUT2D eigenvalue weighted by Gasteiger charge is 2.09. The summed E-state index contributed by atoms with van der Waals surface area (Å²) in [5.41, 5.74) is 2.34. The zero-order valence-electron chi connectivity index (χ0n) is 9.93. The van der Waals surface area contributed by atoms with E-state index < -0.39 is 5.97 Å². The van der Waals surface area contributed by atoms with Gasteiger partial charge >= 0.3 is 5.97 Å². The first-order valence-electron chi connectivity index (χ1n) is 5.14. The van der Waals surface area contributed by atoms with E-state index in [4.69, 9.17) is 4.74 Å². The minimum Gasteiger partial charge on any atom is -0.466 e. The molecule has 6 nitrogen and oxygen atoms in total. The van der Waals surface area contributed by atoms with E-state index in [0.717, 1.165) is 11.4 Å². The van der Waals surface area contributed by atoms with Gasteiger partial charge in [-0.15, -0.1) is 0 Å². The van der Waals surface area contributed by atoms with Crippen molar-refractivity contribution in [2.45, 2.75) is 13.8 Å². The number of nitrogens with zero attached hydrogens (tertiary/aromatic N) is 3. The number of esters is 1. The van der Waals surface area contributed by atoms with E-state index in [1.165, 1.54) is 7.11 Å². The standard InChI is InChI=1S/C11H13N3O3/c1-7-5-10(17-6-11(15)16-3)14-9(12-7)4-8(2)13-14/h4-5H,6H2,1-3H3. The first kappa shape index (κ1) is 11.4. The summed E-state index contributed by atoms with van der Waals surface area (Å²) < 4.78 is 11.4. The molecule has 0 aliphatic carbocycles. The Bertz CT molecular complexity index is 562. The molecule has 0 radical (unpaired) electrons. The van der Waals surface area contributed by atoms with Gasteiger partial charge in [0.1, 0.15) is 0 Å². The molecule has 2 heterocycles. The van der Waals surface area contributed by atoms with Crippen LogP contribution in [0, 0.1) is 13.8 Å². The number of methoxy groups -OCH3 is 1. The summed E-state index contributed by atoms with van der Waals surface area (Å²) in [7, 11) is 1.32. The SMILES string of the molecule is COC(=O)COc1cc(C)nc2cc(C)nn12. The maximum absolute atomic E-state index is 11.0. The monoisotopic (exact) mass is 235 g/mol.